The SMILES string of the molecule is O=C(c1ccc(=O)n(Cc2ccccc2)n1)N1CCOC(c2ccccc2)C1. The van der Waals surface area contributed by atoms with Gasteiger partial charge in [0, 0.05) is 12.6 Å². The Kier molecular flexibility index (Phi) is 5.30. The average molecular weight is 375 g/mol. The van der Waals surface area contributed by atoms with Crippen LogP contribution in [0.4, 0.5) is 0 Å². The first-order chi connectivity index (χ1) is 13.7. The summed E-state index contributed by atoms with van der Waals surface area (Å²) in [5, 5.41) is 4.31. The van der Waals surface area contributed by atoms with Gasteiger partial charge < -0.3 is 9.64 Å². The fourth-order valence-corrected chi connectivity index (χ4v) is 3.30. The third-order valence-corrected chi connectivity index (χ3v) is 4.79. The van der Waals surface area contributed by atoms with Gasteiger partial charge in [-0.1, -0.05) is 60.7 Å². The topological polar surface area (TPSA) is 64.4 Å². The molecule has 28 heavy (non-hydrogen) atoms. The van der Waals surface area contributed by atoms with Crippen molar-refractivity contribution in [2.75, 3.05) is 19.7 Å². The van der Waals surface area contributed by atoms with Gasteiger partial charge in [-0.05, 0) is 17.2 Å². The molecule has 4 rings (SSSR count). The van der Waals surface area contributed by atoms with E-state index >= 15 is 0 Å². The maximum absolute atomic E-state index is 13.0. The number of hydrogen-bond acceptors (Lipinski definition) is 4. The number of morpholine rings is 1. The summed E-state index contributed by atoms with van der Waals surface area (Å²) in [6.07, 6.45) is -0.158. The molecule has 1 atom stereocenters. The van der Waals surface area contributed by atoms with Gasteiger partial charge in [0.1, 0.15) is 11.8 Å². The first-order valence-corrected chi connectivity index (χ1v) is 9.28. The number of nitrogens with zero attached hydrogens (tertiary/aromatic N) is 3. The molecule has 1 saturated heterocycles. The van der Waals surface area contributed by atoms with Crippen molar-refractivity contribution in [3.63, 3.8) is 0 Å². The number of carbonyl (C=O) groups is 1. The van der Waals surface area contributed by atoms with Gasteiger partial charge in [-0.2, -0.15) is 5.10 Å². The fourth-order valence-electron chi connectivity index (χ4n) is 3.30. The number of carbonyl (C=O) groups excluding carboxylic acids is 1. The van der Waals surface area contributed by atoms with Crippen LogP contribution in [0.5, 0.6) is 0 Å². The van der Waals surface area contributed by atoms with Gasteiger partial charge in [0.05, 0.1) is 19.7 Å². The molecule has 142 valence electrons. The molecule has 0 spiro atoms. The molecule has 6 heteroatoms. The van der Waals surface area contributed by atoms with Crippen LogP contribution in [0.1, 0.15) is 27.7 Å². The molecule has 0 radical (unpaired) electrons. The average Bonchev–Trinajstić information content (AvgIpc) is 2.76. The molecule has 1 fully saturated rings. The summed E-state index contributed by atoms with van der Waals surface area (Å²) in [5.41, 5.74) is 2.04. The smallest absolute Gasteiger partial charge is 0.274 e. The minimum atomic E-state index is -0.232. The molecule has 2 heterocycles. The van der Waals surface area contributed by atoms with E-state index in [1.54, 1.807) is 4.90 Å². The monoisotopic (exact) mass is 375 g/mol. The van der Waals surface area contributed by atoms with Crippen molar-refractivity contribution in [2.24, 2.45) is 0 Å². The summed E-state index contributed by atoms with van der Waals surface area (Å²) in [6, 6.07) is 22.4. The van der Waals surface area contributed by atoms with Gasteiger partial charge in [-0.25, -0.2) is 4.68 Å². The minimum absolute atomic E-state index is 0.158. The van der Waals surface area contributed by atoms with Gasteiger partial charge >= 0.3 is 0 Å². The van der Waals surface area contributed by atoms with E-state index in [0.29, 0.717) is 26.2 Å². The van der Waals surface area contributed by atoms with Crippen LogP contribution in [0.15, 0.2) is 77.6 Å². The van der Waals surface area contributed by atoms with Crippen LogP contribution in [0.3, 0.4) is 0 Å². The van der Waals surface area contributed by atoms with Gasteiger partial charge in [-0.3, -0.25) is 9.59 Å². The maximum Gasteiger partial charge on any atom is 0.274 e. The van der Waals surface area contributed by atoms with E-state index in [1.165, 1.54) is 16.8 Å². The fraction of sp³-hybridized carbons (Fsp3) is 0.227. The second-order valence-electron chi connectivity index (χ2n) is 6.72. The van der Waals surface area contributed by atoms with Crippen LogP contribution >= 0.6 is 0 Å². The molecule has 1 unspecified atom stereocenters. The van der Waals surface area contributed by atoms with E-state index in [1.807, 2.05) is 60.7 Å². The molecule has 1 aliphatic heterocycles. The Labute approximate surface area is 163 Å². The molecule has 3 aromatic rings. The van der Waals surface area contributed by atoms with Crippen LogP contribution in [0, 0.1) is 0 Å². The molecular formula is C22H21N3O3. The van der Waals surface area contributed by atoms with Gasteiger partial charge in [0.25, 0.3) is 11.5 Å². The van der Waals surface area contributed by atoms with Crippen LogP contribution in [-0.4, -0.2) is 40.3 Å². The van der Waals surface area contributed by atoms with Crippen molar-refractivity contribution < 1.29 is 9.53 Å². The Hall–Kier alpha value is -3.25. The number of ether oxygens (including phenoxy) is 1. The number of amides is 1. The van der Waals surface area contributed by atoms with Crippen molar-refractivity contribution >= 4 is 5.91 Å². The normalized spacial score (nSPS) is 16.7. The molecule has 0 bridgehead atoms. The van der Waals surface area contributed by atoms with Crippen LogP contribution in [0.25, 0.3) is 0 Å². The lowest BCUT2D eigenvalue weighted by Crippen LogP contribution is -2.43. The highest BCUT2D eigenvalue weighted by Gasteiger charge is 2.27. The summed E-state index contributed by atoms with van der Waals surface area (Å²) in [7, 11) is 0. The number of rotatable bonds is 4. The van der Waals surface area contributed by atoms with Gasteiger partial charge in [0.2, 0.25) is 0 Å². The highest BCUT2D eigenvalue weighted by atomic mass is 16.5. The quantitative estimate of drug-likeness (QED) is 0.703. The van der Waals surface area contributed by atoms with E-state index in [-0.39, 0.29) is 23.3 Å². The lowest BCUT2D eigenvalue weighted by Gasteiger charge is -2.33. The molecule has 1 amide bonds. The second-order valence-corrected chi connectivity index (χ2v) is 6.72. The lowest BCUT2D eigenvalue weighted by molar-refractivity contribution is -0.0230. The second kappa shape index (κ2) is 8.19. The van der Waals surface area contributed by atoms with E-state index < -0.39 is 0 Å². The van der Waals surface area contributed by atoms with Crippen LogP contribution in [-0.2, 0) is 11.3 Å². The molecule has 2 aromatic carbocycles. The third kappa shape index (κ3) is 4.02. The molecule has 1 aliphatic rings. The van der Waals surface area contributed by atoms with Crippen LogP contribution < -0.4 is 5.56 Å². The van der Waals surface area contributed by atoms with Crippen molar-refractivity contribution in [2.45, 2.75) is 12.6 Å². The van der Waals surface area contributed by atoms with Crippen molar-refractivity contribution in [1.29, 1.82) is 0 Å². The Morgan fingerprint density at radius 3 is 2.46 bits per heavy atom. The molecule has 0 N–H and O–H groups in total. The molecule has 1 aromatic heterocycles. The zero-order valence-electron chi connectivity index (χ0n) is 15.4. The summed E-state index contributed by atoms with van der Waals surface area (Å²) < 4.78 is 7.16. The zero-order valence-corrected chi connectivity index (χ0v) is 15.4. The molecular weight excluding hydrogens is 354 g/mol. The highest BCUT2D eigenvalue weighted by molar-refractivity contribution is 5.92. The maximum atomic E-state index is 13.0. The molecule has 6 nitrogen and oxygen atoms in total. The van der Waals surface area contributed by atoms with Crippen molar-refractivity contribution in [1.82, 2.24) is 14.7 Å². The lowest BCUT2D eigenvalue weighted by atomic mass is 10.1. The van der Waals surface area contributed by atoms with E-state index in [0.717, 1.165) is 11.1 Å². The summed E-state index contributed by atoms with van der Waals surface area (Å²) in [6.45, 7) is 1.76. The van der Waals surface area contributed by atoms with Crippen LogP contribution in [0.2, 0.25) is 0 Å². The Balaban J connectivity index is 1.53. The third-order valence-electron chi connectivity index (χ3n) is 4.79. The van der Waals surface area contributed by atoms with E-state index in [4.69, 9.17) is 4.74 Å². The molecule has 0 aliphatic carbocycles. The van der Waals surface area contributed by atoms with Gasteiger partial charge in [-0.15, -0.1) is 0 Å². The Bertz CT molecular complexity index is 1000. The van der Waals surface area contributed by atoms with E-state index in [9.17, 15) is 9.59 Å². The standard InChI is InChI=1S/C22H21N3O3/c26-21-12-11-19(23-25(21)15-17-7-3-1-4-8-17)22(27)24-13-14-28-20(16-24)18-9-5-2-6-10-18/h1-12,20H,13-16H2. The van der Waals surface area contributed by atoms with Gasteiger partial charge in [0.15, 0.2) is 0 Å². The van der Waals surface area contributed by atoms with Crippen molar-refractivity contribution in [3.05, 3.63) is 100.0 Å². The zero-order chi connectivity index (χ0) is 19.3. The summed E-state index contributed by atoms with van der Waals surface area (Å²) >= 11 is 0. The summed E-state index contributed by atoms with van der Waals surface area (Å²) in [4.78, 5) is 26.9. The predicted molar refractivity (Wildman–Crippen MR) is 105 cm³/mol. The first-order valence-electron chi connectivity index (χ1n) is 9.28. The first kappa shape index (κ1) is 18.1. The Morgan fingerprint density at radius 2 is 1.71 bits per heavy atom. The Morgan fingerprint density at radius 1 is 1.00 bits per heavy atom. The molecule has 0 saturated carbocycles. The summed E-state index contributed by atoms with van der Waals surface area (Å²) in [5.74, 6) is -0.189. The van der Waals surface area contributed by atoms with Crippen molar-refractivity contribution in [3.8, 4) is 0 Å². The number of aromatic nitrogens is 2. The minimum Gasteiger partial charge on any atom is -0.370 e. The number of hydrogen-bond donors (Lipinski definition) is 0. The number of benzene rings is 2. The van der Waals surface area contributed by atoms with E-state index in [2.05, 4.69) is 5.10 Å². The largest absolute Gasteiger partial charge is 0.370 e. The highest BCUT2D eigenvalue weighted by Crippen LogP contribution is 2.22. The predicted octanol–water partition coefficient (Wildman–Crippen LogP) is 2.51.